The number of hydrogen-bond acceptors (Lipinski definition) is 4. The lowest BCUT2D eigenvalue weighted by Crippen LogP contribution is -2.17. The molecule has 0 atom stereocenters. The third-order valence-corrected chi connectivity index (χ3v) is 3.14. The summed E-state index contributed by atoms with van der Waals surface area (Å²) in [5.41, 5.74) is 1.85. The molecule has 4 heteroatoms. The van der Waals surface area contributed by atoms with Crippen LogP contribution in [0.5, 0.6) is 11.5 Å². The summed E-state index contributed by atoms with van der Waals surface area (Å²) in [4.78, 5) is 4.61. The van der Waals surface area contributed by atoms with Gasteiger partial charge in [-0.25, -0.2) is 4.99 Å². The van der Waals surface area contributed by atoms with E-state index in [1.807, 2.05) is 19.9 Å². The average Bonchev–Trinajstić information content (AvgIpc) is 2.77. The van der Waals surface area contributed by atoms with Crippen molar-refractivity contribution in [3.63, 3.8) is 0 Å². The van der Waals surface area contributed by atoms with Crippen molar-refractivity contribution in [2.45, 2.75) is 32.7 Å². The van der Waals surface area contributed by atoms with E-state index in [4.69, 9.17) is 14.2 Å². The molecule has 1 aromatic carbocycles. The largest absolute Gasteiger partial charge is 0.493 e. The molecule has 4 nitrogen and oxygen atoms in total. The zero-order valence-corrected chi connectivity index (χ0v) is 12.2. The summed E-state index contributed by atoms with van der Waals surface area (Å²) < 4.78 is 16.6. The molecule has 0 spiro atoms. The van der Waals surface area contributed by atoms with Crippen LogP contribution >= 0.6 is 0 Å². The lowest BCUT2D eigenvalue weighted by atomic mass is 10.1. The zero-order valence-electron chi connectivity index (χ0n) is 12.2. The molecule has 0 fully saturated rings. The van der Waals surface area contributed by atoms with E-state index in [1.54, 1.807) is 14.2 Å². The molecule has 0 N–H and O–H groups in total. The first kappa shape index (κ1) is 13.7. The molecule has 1 heterocycles. The Labute approximate surface area is 114 Å². The first-order valence-electron chi connectivity index (χ1n) is 6.48. The van der Waals surface area contributed by atoms with Crippen molar-refractivity contribution < 1.29 is 14.2 Å². The minimum Gasteiger partial charge on any atom is -0.493 e. The first-order valence-corrected chi connectivity index (χ1v) is 6.48. The Balaban J connectivity index is 2.55. The van der Waals surface area contributed by atoms with Crippen LogP contribution in [0.2, 0.25) is 0 Å². The smallest absolute Gasteiger partial charge is 0.220 e. The number of hydrogen-bond donors (Lipinski definition) is 0. The van der Waals surface area contributed by atoms with Crippen LogP contribution < -0.4 is 9.47 Å². The van der Waals surface area contributed by atoms with Crippen LogP contribution in [0.1, 0.15) is 31.9 Å². The number of nitrogens with zero attached hydrogens (tertiary/aromatic N) is 1. The molecule has 0 bridgehead atoms. The quantitative estimate of drug-likeness (QED) is 0.838. The van der Waals surface area contributed by atoms with Crippen LogP contribution in [0, 0.1) is 0 Å². The van der Waals surface area contributed by atoms with Gasteiger partial charge in [-0.2, -0.15) is 0 Å². The van der Waals surface area contributed by atoms with Crippen LogP contribution in [0.25, 0.3) is 0 Å². The average molecular weight is 263 g/mol. The topological polar surface area (TPSA) is 40.0 Å². The molecule has 0 unspecified atom stereocenters. The highest BCUT2D eigenvalue weighted by Crippen LogP contribution is 2.35. The standard InChI is InChI=1S/C15H21NO3/c1-6-10-7-11(13(18-5)12(8-10)17-4)14-16-15(2,3)9-19-14/h7-8H,6,9H2,1-5H3. The van der Waals surface area contributed by atoms with Crippen LogP contribution in [-0.2, 0) is 11.2 Å². The van der Waals surface area contributed by atoms with Crippen molar-refractivity contribution in [3.8, 4) is 11.5 Å². The monoisotopic (exact) mass is 263 g/mol. The van der Waals surface area contributed by atoms with Crippen LogP contribution in [0.3, 0.4) is 0 Å². The van der Waals surface area contributed by atoms with Gasteiger partial charge in [0.1, 0.15) is 6.61 Å². The summed E-state index contributed by atoms with van der Waals surface area (Å²) in [7, 11) is 3.27. The van der Waals surface area contributed by atoms with E-state index in [9.17, 15) is 0 Å². The molecule has 1 aliphatic heterocycles. The lowest BCUT2D eigenvalue weighted by Gasteiger charge is -2.14. The number of ether oxygens (including phenoxy) is 3. The van der Waals surface area contributed by atoms with Gasteiger partial charge in [0.2, 0.25) is 5.90 Å². The number of methoxy groups -OCH3 is 2. The van der Waals surface area contributed by atoms with Gasteiger partial charge in [-0.15, -0.1) is 0 Å². The summed E-state index contributed by atoms with van der Waals surface area (Å²) in [6, 6.07) is 4.05. The van der Waals surface area contributed by atoms with Crippen molar-refractivity contribution in [2.24, 2.45) is 4.99 Å². The second-order valence-electron chi connectivity index (χ2n) is 5.25. The van der Waals surface area contributed by atoms with Gasteiger partial charge in [0.15, 0.2) is 11.5 Å². The van der Waals surface area contributed by atoms with Crippen molar-refractivity contribution in [2.75, 3.05) is 20.8 Å². The Kier molecular flexibility index (Phi) is 3.69. The minimum absolute atomic E-state index is 0.185. The van der Waals surface area contributed by atoms with Gasteiger partial charge in [-0.3, -0.25) is 0 Å². The molecule has 0 radical (unpaired) electrons. The molecule has 104 valence electrons. The Bertz CT molecular complexity index is 506. The number of benzene rings is 1. The van der Waals surface area contributed by atoms with Crippen molar-refractivity contribution in [1.29, 1.82) is 0 Å². The second kappa shape index (κ2) is 5.11. The molecule has 1 aromatic rings. The van der Waals surface area contributed by atoms with Crippen molar-refractivity contribution in [1.82, 2.24) is 0 Å². The summed E-state index contributed by atoms with van der Waals surface area (Å²) in [6.45, 7) is 6.79. The van der Waals surface area contributed by atoms with Crippen LogP contribution in [0.15, 0.2) is 17.1 Å². The zero-order chi connectivity index (χ0) is 14.0. The van der Waals surface area contributed by atoms with E-state index >= 15 is 0 Å². The Morgan fingerprint density at radius 3 is 2.47 bits per heavy atom. The fourth-order valence-electron chi connectivity index (χ4n) is 2.11. The van der Waals surface area contributed by atoms with Gasteiger partial charge < -0.3 is 14.2 Å². The number of aryl methyl sites for hydroxylation is 1. The van der Waals surface area contributed by atoms with Gasteiger partial charge in [0.25, 0.3) is 0 Å². The van der Waals surface area contributed by atoms with Crippen LogP contribution in [0.4, 0.5) is 0 Å². The summed E-state index contributed by atoms with van der Waals surface area (Å²) >= 11 is 0. The highest BCUT2D eigenvalue weighted by Gasteiger charge is 2.29. The van der Waals surface area contributed by atoms with Gasteiger partial charge in [-0.05, 0) is 38.0 Å². The number of aliphatic imine (C=N–C) groups is 1. The van der Waals surface area contributed by atoms with Gasteiger partial charge in [0.05, 0.1) is 25.3 Å². The normalized spacial score (nSPS) is 16.8. The van der Waals surface area contributed by atoms with Gasteiger partial charge >= 0.3 is 0 Å². The maximum Gasteiger partial charge on any atom is 0.220 e. The fourth-order valence-corrected chi connectivity index (χ4v) is 2.11. The number of rotatable bonds is 4. The van der Waals surface area contributed by atoms with E-state index < -0.39 is 0 Å². The molecular formula is C15H21NO3. The van der Waals surface area contributed by atoms with Crippen LogP contribution in [-0.4, -0.2) is 32.3 Å². The van der Waals surface area contributed by atoms with E-state index in [0.717, 1.165) is 12.0 Å². The molecule has 0 saturated carbocycles. The van der Waals surface area contributed by atoms with Crippen molar-refractivity contribution >= 4 is 5.90 Å². The van der Waals surface area contributed by atoms with E-state index in [1.165, 1.54) is 5.56 Å². The van der Waals surface area contributed by atoms with E-state index in [-0.39, 0.29) is 5.54 Å². The molecule has 0 aliphatic carbocycles. The molecule has 1 aliphatic rings. The first-order chi connectivity index (χ1) is 9.00. The maximum atomic E-state index is 5.71. The predicted molar refractivity (Wildman–Crippen MR) is 75.5 cm³/mol. The Morgan fingerprint density at radius 1 is 1.26 bits per heavy atom. The summed E-state index contributed by atoms with van der Waals surface area (Å²) in [5, 5.41) is 0. The Morgan fingerprint density at radius 2 is 2.00 bits per heavy atom. The fraction of sp³-hybridized carbons (Fsp3) is 0.533. The third kappa shape index (κ3) is 2.67. The minimum atomic E-state index is -0.185. The summed E-state index contributed by atoms with van der Waals surface area (Å²) in [6.07, 6.45) is 0.921. The molecule has 2 rings (SSSR count). The SMILES string of the molecule is CCc1cc(OC)c(OC)c(C2=NC(C)(C)CO2)c1. The third-order valence-electron chi connectivity index (χ3n) is 3.14. The van der Waals surface area contributed by atoms with E-state index in [0.29, 0.717) is 24.0 Å². The second-order valence-corrected chi connectivity index (χ2v) is 5.25. The molecule has 0 saturated heterocycles. The highest BCUT2D eigenvalue weighted by atomic mass is 16.5. The molecule has 0 amide bonds. The van der Waals surface area contributed by atoms with Gasteiger partial charge in [-0.1, -0.05) is 6.92 Å². The Hall–Kier alpha value is -1.71. The lowest BCUT2D eigenvalue weighted by molar-refractivity contribution is 0.278. The molecule has 19 heavy (non-hydrogen) atoms. The predicted octanol–water partition coefficient (Wildman–Crippen LogP) is 2.82. The van der Waals surface area contributed by atoms with Gasteiger partial charge in [0, 0.05) is 0 Å². The summed E-state index contributed by atoms with van der Waals surface area (Å²) in [5.74, 6) is 2.03. The molecule has 0 aromatic heterocycles. The maximum absolute atomic E-state index is 5.71. The highest BCUT2D eigenvalue weighted by molar-refractivity contribution is 5.99. The van der Waals surface area contributed by atoms with Crippen molar-refractivity contribution in [3.05, 3.63) is 23.3 Å². The van der Waals surface area contributed by atoms with E-state index in [2.05, 4.69) is 18.0 Å². The molecular weight excluding hydrogens is 242 g/mol.